The van der Waals surface area contributed by atoms with Crippen LogP contribution < -0.4 is 5.32 Å². The molecule has 0 spiro atoms. The van der Waals surface area contributed by atoms with Gasteiger partial charge in [-0.2, -0.15) is 0 Å². The van der Waals surface area contributed by atoms with Gasteiger partial charge in [0, 0.05) is 31.6 Å². The second-order valence-electron chi connectivity index (χ2n) is 5.48. The topological polar surface area (TPSA) is 117 Å². The summed E-state index contributed by atoms with van der Waals surface area (Å²) < 4.78 is 29.9. The lowest BCUT2D eigenvalue weighted by molar-refractivity contribution is -0.133. The molecule has 8 nitrogen and oxygen atoms in total. The Balaban J connectivity index is 2.06. The van der Waals surface area contributed by atoms with Crippen LogP contribution >= 0.6 is 11.8 Å². The van der Waals surface area contributed by atoms with Crippen LogP contribution in [0, 0.1) is 0 Å². The Labute approximate surface area is 155 Å². The number of sulfonamides is 1. The van der Waals surface area contributed by atoms with Crippen molar-refractivity contribution in [3.8, 4) is 0 Å². The third-order valence-corrected chi connectivity index (χ3v) is 5.92. The Bertz CT molecular complexity index is 905. The van der Waals surface area contributed by atoms with Gasteiger partial charge in [-0.3, -0.25) is 9.59 Å². The molecule has 1 heterocycles. The fraction of sp³-hybridized carbons (Fsp3) is 0.250. The van der Waals surface area contributed by atoms with E-state index in [4.69, 9.17) is 9.52 Å². The normalized spacial score (nSPS) is 11.5. The molecule has 0 atom stereocenters. The van der Waals surface area contributed by atoms with E-state index in [2.05, 4.69) is 5.32 Å². The number of hydrogen-bond acceptors (Lipinski definition) is 6. The Morgan fingerprint density at radius 2 is 2.00 bits per heavy atom. The first-order valence-corrected chi connectivity index (χ1v) is 10.0. The maximum Gasteiger partial charge on any atom is 0.313 e. The number of amides is 1. The van der Waals surface area contributed by atoms with Gasteiger partial charge < -0.3 is 14.8 Å². The van der Waals surface area contributed by atoms with E-state index in [1.54, 1.807) is 18.2 Å². The minimum atomic E-state index is -3.75. The molecule has 0 bridgehead atoms. The van der Waals surface area contributed by atoms with E-state index in [9.17, 15) is 18.0 Å². The summed E-state index contributed by atoms with van der Waals surface area (Å²) in [6.45, 7) is 0. The first-order valence-electron chi connectivity index (χ1n) is 7.41. The van der Waals surface area contributed by atoms with Crippen LogP contribution in [0.2, 0.25) is 0 Å². The number of nitrogens with zero attached hydrogens (tertiary/aromatic N) is 1. The number of carbonyl (C=O) groups excluding carboxylic acids is 1. The molecule has 0 radical (unpaired) electrons. The van der Waals surface area contributed by atoms with Crippen LogP contribution in [-0.4, -0.2) is 49.6 Å². The van der Waals surface area contributed by atoms with Crippen molar-refractivity contribution in [2.24, 2.45) is 0 Å². The highest BCUT2D eigenvalue weighted by Gasteiger charge is 2.23. The maximum absolute atomic E-state index is 12.3. The van der Waals surface area contributed by atoms with E-state index in [1.807, 2.05) is 6.07 Å². The second kappa shape index (κ2) is 8.39. The van der Waals surface area contributed by atoms with Gasteiger partial charge in [-0.05, 0) is 17.7 Å². The van der Waals surface area contributed by atoms with Crippen molar-refractivity contribution in [3.63, 3.8) is 0 Å². The molecule has 26 heavy (non-hydrogen) atoms. The molecule has 2 N–H and O–H groups in total. The molecule has 0 fully saturated rings. The summed E-state index contributed by atoms with van der Waals surface area (Å²) in [5.41, 5.74) is 1.45. The Hall–Kier alpha value is -2.30. The average molecular weight is 398 g/mol. The van der Waals surface area contributed by atoms with E-state index in [-0.39, 0.29) is 16.4 Å². The lowest BCUT2D eigenvalue weighted by Gasteiger charge is -2.07. The molecule has 0 aliphatic rings. The molecular weight excluding hydrogens is 380 g/mol. The summed E-state index contributed by atoms with van der Waals surface area (Å²) >= 11 is 1.25. The number of carboxylic acids is 1. The fourth-order valence-corrected chi connectivity index (χ4v) is 3.45. The van der Waals surface area contributed by atoms with Gasteiger partial charge in [0.25, 0.3) is 15.9 Å². The Morgan fingerprint density at radius 1 is 1.27 bits per heavy atom. The van der Waals surface area contributed by atoms with Gasteiger partial charge in [0.15, 0.2) is 0 Å². The van der Waals surface area contributed by atoms with Crippen molar-refractivity contribution in [2.45, 2.75) is 10.8 Å². The molecule has 0 aliphatic heterocycles. The number of anilines is 1. The zero-order valence-electron chi connectivity index (χ0n) is 14.1. The number of carbonyl (C=O) groups is 2. The van der Waals surface area contributed by atoms with Gasteiger partial charge in [0.2, 0.25) is 5.09 Å². The predicted octanol–water partition coefficient (Wildman–Crippen LogP) is 2.10. The van der Waals surface area contributed by atoms with Gasteiger partial charge in [0.1, 0.15) is 6.26 Å². The number of rotatable bonds is 8. The third-order valence-electron chi connectivity index (χ3n) is 3.25. The highest BCUT2D eigenvalue weighted by Crippen LogP contribution is 2.20. The highest BCUT2D eigenvalue weighted by atomic mass is 32.2. The lowest BCUT2D eigenvalue weighted by atomic mass is 10.2. The summed E-state index contributed by atoms with van der Waals surface area (Å²) in [5, 5.41) is 11.0. The average Bonchev–Trinajstić information content (AvgIpc) is 3.05. The molecule has 1 aromatic heterocycles. The molecule has 0 saturated heterocycles. The van der Waals surface area contributed by atoms with E-state index in [1.165, 1.54) is 25.9 Å². The SMILES string of the molecule is CN(C)S(=O)(=O)c1cc(C(=O)Nc2cccc(CSCC(=O)O)c2)co1. The standard InChI is InChI=1S/C16H18N2O6S2/c1-18(2)26(22,23)15-7-12(8-24-15)16(21)17-13-5-3-4-11(6-13)9-25-10-14(19)20/h3-8H,9-10H2,1-2H3,(H,17,21)(H,19,20). The van der Waals surface area contributed by atoms with Crippen molar-refractivity contribution in [1.82, 2.24) is 4.31 Å². The van der Waals surface area contributed by atoms with Crippen LogP contribution in [0.1, 0.15) is 15.9 Å². The molecule has 10 heteroatoms. The predicted molar refractivity (Wildman–Crippen MR) is 97.8 cm³/mol. The highest BCUT2D eigenvalue weighted by molar-refractivity contribution is 7.99. The van der Waals surface area contributed by atoms with Gasteiger partial charge in [-0.15, -0.1) is 11.8 Å². The van der Waals surface area contributed by atoms with Gasteiger partial charge >= 0.3 is 5.97 Å². The largest absolute Gasteiger partial charge is 0.481 e. The number of carboxylic acid groups (broad SMARTS) is 1. The molecule has 1 amide bonds. The van der Waals surface area contributed by atoms with E-state index >= 15 is 0 Å². The van der Waals surface area contributed by atoms with E-state index in [0.29, 0.717) is 11.4 Å². The summed E-state index contributed by atoms with van der Waals surface area (Å²) in [6, 6.07) is 8.13. The minimum absolute atomic E-state index is 0.00523. The van der Waals surface area contributed by atoms with Crippen LogP contribution in [-0.2, 0) is 20.6 Å². The Morgan fingerprint density at radius 3 is 2.65 bits per heavy atom. The number of benzene rings is 1. The lowest BCUT2D eigenvalue weighted by Crippen LogP contribution is -2.21. The quantitative estimate of drug-likeness (QED) is 0.699. The van der Waals surface area contributed by atoms with Crippen LogP contribution in [0.25, 0.3) is 0 Å². The number of nitrogens with one attached hydrogen (secondary N) is 1. The van der Waals surface area contributed by atoms with Crippen molar-refractivity contribution in [1.29, 1.82) is 0 Å². The zero-order valence-corrected chi connectivity index (χ0v) is 15.8. The number of aliphatic carboxylic acids is 1. The molecular formula is C16H18N2O6S2. The van der Waals surface area contributed by atoms with Crippen LogP contribution in [0.4, 0.5) is 5.69 Å². The number of furan rings is 1. The van der Waals surface area contributed by atoms with Crippen LogP contribution in [0.3, 0.4) is 0 Å². The van der Waals surface area contributed by atoms with Crippen molar-refractivity contribution in [2.75, 3.05) is 25.2 Å². The fourth-order valence-electron chi connectivity index (χ4n) is 1.95. The first-order chi connectivity index (χ1) is 12.2. The summed E-state index contributed by atoms with van der Waals surface area (Å²) in [7, 11) is -1.02. The third kappa shape index (κ3) is 5.10. The zero-order chi connectivity index (χ0) is 19.3. The molecule has 140 valence electrons. The molecule has 0 saturated carbocycles. The van der Waals surface area contributed by atoms with Crippen molar-refractivity contribution < 1.29 is 27.5 Å². The second-order valence-corrected chi connectivity index (χ2v) is 8.55. The monoisotopic (exact) mass is 398 g/mol. The molecule has 0 aliphatic carbocycles. The number of hydrogen-bond donors (Lipinski definition) is 2. The van der Waals surface area contributed by atoms with Gasteiger partial charge in [0.05, 0.1) is 11.3 Å². The van der Waals surface area contributed by atoms with Crippen LogP contribution in [0.5, 0.6) is 0 Å². The first kappa shape index (κ1) is 20.0. The smallest absolute Gasteiger partial charge is 0.313 e. The van der Waals surface area contributed by atoms with E-state index in [0.717, 1.165) is 22.2 Å². The molecule has 1 aromatic carbocycles. The number of thioether (sulfide) groups is 1. The molecule has 2 rings (SSSR count). The molecule has 0 unspecified atom stereocenters. The maximum atomic E-state index is 12.3. The Kier molecular flexibility index (Phi) is 6.46. The van der Waals surface area contributed by atoms with Gasteiger partial charge in [-0.25, -0.2) is 12.7 Å². The summed E-state index contributed by atoms with van der Waals surface area (Å²) in [6.07, 6.45) is 1.08. The minimum Gasteiger partial charge on any atom is -0.481 e. The van der Waals surface area contributed by atoms with Gasteiger partial charge in [-0.1, -0.05) is 12.1 Å². The van der Waals surface area contributed by atoms with Crippen molar-refractivity contribution >= 4 is 39.3 Å². The van der Waals surface area contributed by atoms with Crippen molar-refractivity contribution in [3.05, 3.63) is 47.7 Å². The summed E-state index contributed by atoms with van der Waals surface area (Å²) in [5.74, 6) is -0.908. The van der Waals surface area contributed by atoms with Crippen LogP contribution in [0.15, 0.2) is 46.1 Å². The van der Waals surface area contributed by atoms with E-state index < -0.39 is 21.9 Å². The summed E-state index contributed by atoms with van der Waals surface area (Å²) in [4.78, 5) is 22.8. The molecule has 2 aromatic rings.